The number of pyridine rings is 3. The summed E-state index contributed by atoms with van der Waals surface area (Å²) in [5.74, 6) is -0.345. The second kappa shape index (κ2) is 10.6. The van der Waals surface area contributed by atoms with Gasteiger partial charge in [0.25, 0.3) is 5.56 Å². The predicted octanol–water partition coefficient (Wildman–Crippen LogP) is 3.07. The fourth-order valence-electron chi connectivity index (χ4n) is 4.66. The Morgan fingerprint density at radius 2 is 1.91 bits per heavy atom. The number of hydrogen-bond donors (Lipinski definition) is 1. The molecule has 1 atom stereocenters. The zero-order chi connectivity index (χ0) is 24.1. The van der Waals surface area contributed by atoms with Gasteiger partial charge < -0.3 is 14.4 Å². The summed E-state index contributed by atoms with van der Waals surface area (Å²) < 4.78 is 6.88. The molecule has 1 aliphatic heterocycles. The number of esters is 1. The number of aryl methyl sites for hydroxylation is 1. The van der Waals surface area contributed by atoms with Crippen LogP contribution in [0.1, 0.15) is 48.2 Å². The fourth-order valence-corrected chi connectivity index (χ4v) is 4.66. The lowest BCUT2D eigenvalue weighted by Gasteiger charge is -2.37. The molecule has 3 aromatic rings. The maximum absolute atomic E-state index is 13.8. The summed E-state index contributed by atoms with van der Waals surface area (Å²) in [7, 11) is 0. The van der Waals surface area contributed by atoms with Gasteiger partial charge in [-0.15, -0.1) is 0 Å². The Bertz CT molecular complexity index is 1170. The number of carbonyl (C=O) groups is 1. The number of hydrogen-bond acceptors (Lipinski definition) is 7. The van der Waals surface area contributed by atoms with Crippen molar-refractivity contribution in [2.45, 2.75) is 39.3 Å². The third kappa shape index (κ3) is 5.02. The molecule has 0 aromatic carbocycles. The van der Waals surface area contributed by atoms with Crippen LogP contribution < -0.4 is 5.56 Å². The molecule has 4 heterocycles. The lowest BCUT2D eigenvalue weighted by molar-refractivity contribution is -0.149. The summed E-state index contributed by atoms with van der Waals surface area (Å²) in [6.07, 6.45) is 8.08. The molecule has 1 aliphatic rings. The van der Waals surface area contributed by atoms with Crippen LogP contribution in [0.15, 0.2) is 59.9 Å². The summed E-state index contributed by atoms with van der Waals surface area (Å²) in [5.41, 5.74) is 2.53. The Morgan fingerprint density at radius 3 is 2.56 bits per heavy atom. The molecule has 8 heteroatoms. The number of piperidine rings is 1. The van der Waals surface area contributed by atoms with E-state index in [1.54, 1.807) is 35.4 Å². The average molecular weight is 463 g/mol. The maximum atomic E-state index is 13.8. The Kier molecular flexibility index (Phi) is 7.37. The first-order chi connectivity index (χ1) is 16.5. The molecular formula is C26H30N4O4. The van der Waals surface area contributed by atoms with Crippen molar-refractivity contribution in [1.82, 2.24) is 19.4 Å². The Hall–Kier alpha value is -3.52. The summed E-state index contributed by atoms with van der Waals surface area (Å²) >= 11 is 0. The molecule has 34 heavy (non-hydrogen) atoms. The van der Waals surface area contributed by atoms with E-state index in [-0.39, 0.29) is 23.2 Å². The van der Waals surface area contributed by atoms with Gasteiger partial charge in [0.2, 0.25) is 0 Å². The number of likely N-dealkylation sites (tertiary alicyclic amines) is 1. The molecule has 0 spiro atoms. The largest absolute Gasteiger partial charge is 0.507 e. The van der Waals surface area contributed by atoms with Gasteiger partial charge in [0, 0.05) is 30.5 Å². The first-order valence-corrected chi connectivity index (χ1v) is 11.6. The number of aromatic nitrogens is 3. The van der Waals surface area contributed by atoms with Crippen LogP contribution in [-0.4, -0.2) is 50.2 Å². The van der Waals surface area contributed by atoms with E-state index in [1.165, 1.54) is 0 Å². The minimum atomic E-state index is -0.459. The molecule has 0 saturated carbocycles. The van der Waals surface area contributed by atoms with Crippen LogP contribution in [0.5, 0.6) is 5.75 Å². The van der Waals surface area contributed by atoms with Crippen molar-refractivity contribution >= 4 is 5.97 Å². The zero-order valence-electron chi connectivity index (χ0n) is 19.6. The lowest BCUT2D eigenvalue weighted by atomic mass is 9.91. The molecular weight excluding hydrogens is 432 g/mol. The normalized spacial score (nSPS) is 15.7. The first-order valence-electron chi connectivity index (χ1n) is 11.6. The first kappa shape index (κ1) is 23.6. The van der Waals surface area contributed by atoms with Crippen LogP contribution in [0.2, 0.25) is 0 Å². The summed E-state index contributed by atoms with van der Waals surface area (Å²) in [6.45, 7) is 5.56. The van der Waals surface area contributed by atoms with Gasteiger partial charge in [-0.1, -0.05) is 6.07 Å². The van der Waals surface area contributed by atoms with E-state index in [0.29, 0.717) is 50.3 Å². The van der Waals surface area contributed by atoms with E-state index in [0.717, 1.165) is 11.1 Å². The van der Waals surface area contributed by atoms with Crippen LogP contribution in [0.4, 0.5) is 0 Å². The summed E-state index contributed by atoms with van der Waals surface area (Å²) in [4.78, 5) is 36.5. The van der Waals surface area contributed by atoms with E-state index >= 15 is 0 Å². The number of carbonyl (C=O) groups excluding carboxylic acids is 1. The van der Waals surface area contributed by atoms with Crippen molar-refractivity contribution in [3.63, 3.8) is 0 Å². The molecule has 0 amide bonds. The van der Waals surface area contributed by atoms with Gasteiger partial charge in [-0.2, -0.15) is 0 Å². The van der Waals surface area contributed by atoms with E-state index in [1.807, 2.05) is 38.1 Å². The quantitative estimate of drug-likeness (QED) is 0.539. The highest BCUT2D eigenvalue weighted by molar-refractivity contribution is 5.72. The van der Waals surface area contributed by atoms with Gasteiger partial charge in [-0.05, 0) is 75.2 Å². The van der Waals surface area contributed by atoms with Gasteiger partial charge in [-0.25, -0.2) is 0 Å². The van der Waals surface area contributed by atoms with Gasteiger partial charge >= 0.3 is 5.97 Å². The van der Waals surface area contributed by atoms with Crippen molar-refractivity contribution in [1.29, 1.82) is 0 Å². The molecule has 178 valence electrons. The molecule has 0 bridgehead atoms. The molecule has 0 radical (unpaired) electrons. The van der Waals surface area contributed by atoms with Crippen molar-refractivity contribution in [3.8, 4) is 5.75 Å². The van der Waals surface area contributed by atoms with Crippen LogP contribution >= 0.6 is 0 Å². The maximum Gasteiger partial charge on any atom is 0.309 e. The minimum absolute atomic E-state index is 0.0285. The molecule has 0 unspecified atom stereocenters. The van der Waals surface area contributed by atoms with Crippen molar-refractivity contribution < 1.29 is 14.6 Å². The van der Waals surface area contributed by atoms with Crippen LogP contribution in [0, 0.1) is 12.8 Å². The number of rotatable bonds is 7. The second-order valence-electron chi connectivity index (χ2n) is 8.58. The predicted molar refractivity (Wildman–Crippen MR) is 127 cm³/mol. The van der Waals surface area contributed by atoms with Crippen molar-refractivity contribution in [2.75, 3.05) is 19.7 Å². The van der Waals surface area contributed by atoms with Gasteiger partial charge in [0.15, 0.2) is 0 Å². The van der Waals surface area contributed by atoms with E-state index in [4.69, 9.17) is 4.74 Å². The van der Waals surface area contributed by atoms with E-state index < -0.39 is 6.04 Å². The topological polar surface area (TPSA) is 97.6 Å². The van der Waals surface area contributed by atoms with Crippen molar-refractivity contribution in [2.24, 2.45) is 5.92 Å². The molecule has 8 nitrogen and oxygen atoms in total. The highest BCUT2D eigenvalue weighted by Crippen LogP contribution is 2.35. The number of aromatic hydroxyl groups is 1. The van der Waals surface area contributed by atoms with Crippen LogP contribution in [0.3, 0.4) is 0 Å². The molecule has 1 N–H and O–H groups in total. The van der Waals surface area contributed by atoms with Crippen molar-refractivity contribution in [3.05, 3.63) is 87.9 Å². The second-order valence-corrected chi connectivity index (χ2v) is 8.58. The van der Waals surface area contributed by atoms with Gasteiger partial charge in [0.05, 0.1) is 30.7 Å². The number of ether oxygens (including phenoxy) is 1. The highest BCUT2D eigenvalue weighted by Gasteiger charge is 2.34. The Balaban J connectivity index is 1.72. The molecule has 3 aromatic heterocycles. The average Bonchev–Trinajstić information content (AvgIpc) is 2.86. The van der Waals surface area contributed by atoms with Gasteiger partial charge in [0.1, 0.15) is 5.75 Å². The summed E-state index contributed by atoms with van der Waals surface area (Å²) in [5, 5.41) is 11.0. The van der Waals surface area contributed by atoms with Gasteiger partial charge in [-0.3, -0.25) is 24.5 Å². The lowest BCUT2D eigenvalue weighted by Crippen LogP contribution is -2.42. The standard InChI is InChI=1S/C26H30N4O4/c1-3-34-26(33)21-8-13-29(14-9-21)24(20-6-11-27-12-7-20)23-22(31)15-18(2)30(25(23)32)17-19-5-4-10-28-16-19/h4-7,10-12,15-16,21,24,31H,3,8-9,13-14,17H2,1-2H3/t24-/m0/s1. The van der Waals surface area contributed by atoms with Crippen LogP contribution in [0.25, 0.3) is 0 Å². The molecule has 4 rings (SSSR count). The van der Waals surface area contributed by atoms with Crippen LogP contribution in [-0.2, 0) is 16.1 Å². The molecule has 1 fully saturated rings. The minimum Gasteiger partial charge on any atom is -0.507 e. The zero-order valence-corrected chi connectivity index (χ0v) is 19.6. The summed E-state index contributed by atoms with van der Waals surface area (Å²) in [6, 6.07) is 8.68. The number of nitrogens with zero attached hydrogens (tertiary/aromatic N) is 4. The Labute approximate surface area is 198 Å². The third-order valence-corrected chi connectivity index (χ3v) is 6.40. The molecule has 1 saturated heterocycles. The van der Waals surface area contributed by atoms with E-state index in [2.05, 4.69) is 14.9 Å². The molecule has 0 aliphatic carbocycles. The third-order valence-electron chi connectivity index (χ3n) is 6.40. The monoisotopic (exact) mass is 462 g/mol. The van der Waals surface area contributed by atoms with E-state index in [9.17, 15) is 14.7 Å². The smallest absolute Gasteiger partial charge is 0.309 e. The fraction of sp³-hybridized carbons (Fsp3) is 0.385. The highest BCUT2D eigenvalue weighted by atomic mass is 16.5. The SMILES string of the molecule is CCOC(=O)C1CCN([C@@H](c2ccncc2)c2c(O)cc(C)n(Cc3cccnc3)c2=O)CC1. The Morgan fingerprint density at radius 1 is 1.18 bits per heavy atom.